The Morgan fingerprint density at radius 3 is 2.54 bits per heavy atom. The van der Waals surface area contributed by atoms with Crippen molar-refractivity contribution in [2.45, 2.75) is 25.8 Å². The van der Waals surface area contributed by atoms with Gasteiger partial charge in [-0.2, -0.15) is 0 Å². The molecule has 0 aromatic heterocycles. The third-order valence-corrected chi connectivity index (χ3v) is 5.85. The number of esters is 1. The second-order valence-electron chi connectivity index (χ2n) is 7.61. The van der Waals surface area contributed by atoms with Gasteiger partial charge in [-0.05, 0) is 37.4 Å². The summed E-state index contributed by atoms with van der Waals surface area (Å²) >= 11 is 0. The highest BCUT2D eigenvalue weighted by Gasteiger charge is 2.37. The lowest BCUT2D eigenvalue weighted by Crippen LogP contribution is -2.44. The average molecular weight is 500 g/mol. The van der Waals surface area contributed by atoms with E-state index in [2.05, 4.69) is 57.4 Å². The molecule has 2 saturated heterocycles. The van der Waals surface area contributed by atoms with E-state index in [1.165, 1.54) is 25.5 Å². The van der Waals surface area contributed by atoms with E-state index in [9.17, 15) is 4.79 Å². The van der Waals surface area contributed by atoms with E-state index in [1.807, 2.05) is 7.05 Å². The molecule has 1 N–H and O–H groups in total. The molecule has 3 unspecified atom stereocenters. The second-order valence-corrected chi connectivity index (χ2v) is 7.61. The molecule has 28 heavy (non-hydrogen) atoms. The maximum atomic E-state index is 12.0. The molecule has 2 aliphatic heterocycles. The number of likely N-dealkylation sites (tertiary alicyclic amines) is 2. The average Bonchev–Trinajstić information content (AvgIpc) is 3.35. The minimum absolute atomic E-state index is 0. The van der Waals surface area contributed by atoms with E-state index in [4.69, 9.17) is 4.74 Å². The van der Waals surface area contributed by atoms with Crippen molar-refractivity contribution in [3.05, 3.63) is 35.9 Å². The van der Waals surface area contributed by atoms with Gasteiger partial charge in [-0.25, -0.2) is 0 Å². The van der Waals surface area contributed by atoms with Crippen LogP contribution in [0.15, 0.2) is 35.3 Å². The molecule has 0 aliphatic carbocycles. The molecule has 2 heterocycles. The second kappa shape index (κ2) is 11.0. The summed E-state index contributed by atoms with van der Waals surface area (Å²) < 4.78 is 4.96. The summed E-state index contributed by atoms with van der Waals surface area (Å²) in [5.74, 6) is 0.921. The highest BCUT2D eigenvalue weighted by Crippen LogP contribution is 2.26. The molecule has 0 spiro atoms. The minimum Gasteiger partial charge on any atom is -0.469 e. The first-order valence-electron chi connectivity index (χ1n) is 9.96. The summed E-state index contributed by atoms with van der Waals surface area (Å²) in [4.78, 5) is 21.2. The van der Waals surface area contributed by atoms with Gasteiger partial charge in [0.25, 0.3) is 0 Å². The maximum Gasteiger partial charge on any atom is 0.310 e. The Kier molecular flexibility index (Phi) is 9.01. The molecular weight excluding hydrogens is 467 g/mol. The topological polar surface area (TPSA) is 57.2 Å². The Morgan fingerprint density at radius 1 is 1.25 bits per heavy atom. The number of hydrogen-bond acceptors (Lipinski definition) is 4. The molecule has 3 atom stereocenters. The zero-order valence-corrected chi connectivity index (χ0v) is 19.5. The molecule has 1 aromatic carbocycles. The number of halogens is 1. The number of aliphatic imine (C=N–C) groups is 1. The van der Waals surface area contributed by atoms with E-state index >= 15 is 0 Å². The highest BCUT2D eigenvalue weighted by molar-refractivity contribution is 14.0. The Bertz CT molecular complexity index is 649. The molecule has 0 amide bonds. The van der Waals surface area contributed by atoms with Crippen molar-refractivity contribution >= 4 is 35.9 Å². The number of ether oxygens (including phenoxy) is 1. The largest absolute Gasteiger partial charge is 0.469 e. The van der Waals surface area contributed by atoms with Crippen LogP contribution >= 0.6 is 24.0 Å². The van der Waals surface area contributed by atoms with Gasteiger partial charge in [0.1, 0.15) is 0 Å². The lowest BCUT2D eigenvalue weighted by molar-refractivity contribution is -0.145. The van der Waals surface area contributed by atoms with E-state index in [1.54, 1.807) is 0 Å². The molecule has 0 radical (unpaired) electrons. The molecule has 156 valence electrons. The van der Waals surface area contributed by atoms with Gasteiger partial charge in [-0.1, -0.05) is 37.3 Å². The summed E-state index contributed by atoms with van der Waals surface area (Å²) in [6, 6.07) is 11.0. The fourth-order valence-electron chi connectivity index (χ4n) is 4.30. The number of carbonyl (C=O) groups is 1. The SMILES string of the molecule is CN=C(NCC(c1ccccc1)N1CCCC1)N1CC(C)C(C(=O)OC)C1.I. The zero-order chi connectivity index (χ0) is 19.2. The monoisotopic (exact) mass is 500 g/mol. The molecular formula is C21H33IN4O2. The number of benzene rings is 1. The number of guanidine groups is 1. The summed E-state index contributed by atoms with van der Waals surface area (Å²) in [6.45, 7) is 6.68. The molecule has 2 aliphatic rings. The van der Waals surface area contributed by atoms with Gasteiger partial charge in [-0.3, -0.25) is 14.7 Å². The van der Waals surface area contributed by atoms with E-state index in [0.29, 0.717) is 12.6 Å². The normalized spacial score (nSPS) is 24.0. The Labute approximate surface area is 185 Å². The Balaban J connectivity index is 0.00000280. The maximum absolute atomic E-state index is 12.0. The van der Waals surface area contributed by atoms with Crippen LogP contribution in [-0.4, -0.2) is 68.6 Å². The predicted octanol–water partition coefficient (Wildman–Crippen LogP) is 2.76. The van der Waals surface area contributed by atoms with Crippen LogP contribution in [0.25, 0.3) is 0 Å². The third kappa shape index (κ3) is 5.37. The van der Waals surface area contributed by atoms with E-state index in [-0.39, 0.29) is 41.8 Å². The van der Waals surface area contributed by atoms with Gasteiger partial charge in [0.15, 0.2) is 5.96 Å². The van der Waals surface area contributed by atoms with Gasteiger partial charge in [0.05, 0.1) is 19.1 Å². The minimum atomic E-state index is -0.125. The molecule has 0 saturated carbocycles. The molecule has 2 fully saturated rings. The van der Waals surface area contributed by atoms with Gasteiger partial charge in [-0.15, -0.1) is 24.0 Å². The zero-order valence-electron chi connectivity index (χ0n) is 17.1. The van der Waals surface area contributed by atoms with E-state index < -0.39 is 0 Å². The number of rotatable bonds is 5. The number of methoxy groups -OCH3 is 1. The molecule has 0 bridgehead atoms. The van der Waals surface area contributed by atoms with Gasteiger partial charge in [0.2, 0.25) is 0 Å². The van der Waals surface area contributed by atoms with Gasteiger partial charge < -0.3 is 15.0 Å². The molecule has 1 aromatic rings. The van der Waals surface area contributed by atoms with Crippen LogP contribution in [0.5, 0.6) is 0 Å². The molecule has 3 rings (SSSR count). The van der Waals surface area contributed by atoms with Crippen LogP contribution in [0.2, 0.25) is 0 Å². The summed E-state index contributed by atoms with van der Waals surface area (Å²) in [7, 11) is 3.27. The van der Waals surface area contributed by atoms with Gasteiger partial charge in [0, 0.05) is 26.7 Å². The number of nitrogens with one attached hydrogen (secondary N) is 1. The summed E-state index contributed by atoms with van der Waals surface area (Å²) in [5.41, 5.74) is 1.34. The molecule has 7 heteroatoms. The first kappa shape index (κ1) is 22.9. The fourth-order valence-corrected chi connectivity index (χ4v) is 4.30. The lowest BCUT2D eigenvalue weighted by atomic mass is 9.99. The van der Waals surface area contributed by atoms with Crippen molar-refractivity contribution < 1.29 is 9.53 Å². The standard InChI is InChI=1S/C21H32N4O2.HI/c1-16-14-25(15-18(16)20(26)27-3)21(22-2)23-13-19(24-11-7-8-12-24)17-9-5-4-6-10-17;/h4-6,9-10,16,18-19H,7-8,11-15H2,1-3H3,(H,22,23);1H. The van der Waals surface area contributed by atoms with E-state index in [0.717, 1.165) is 32.1 Å². The summed E-state index contributed by atoms with van der Waals surface area (Å²) in [6.07, 6.45) is 2.53. The highest BCUT2D eigenvalue weighted by atomic mass is 127. The lowest BCUT2D eigenvalue weighted by Gasteiger charge is -2.30. The number of nitrogens with zero attached hydrogens (tertiary/aromatic N) is 3. The Hall–Kier alpha value is -1.35. The smallest absolute Gasteiger partial charge is 0.310 e. The van der Waals surface area contributed by atoms with Crippen LogP contribution in [0, 0.1) is 11.8 Å². The summed E-state index contributed by atoms with van der Waals surface area (Å²) in [5, 5.41) is 3.57. The first-order chi connectivity index (χ1) is 13.1. The predicted molar refractivity (Wildman–Crippen MR) is 123 cm³/mol. The third-order valence-electron chi connectivity index (χ3n) is 5.85. The van der Waals surface area contributed by atoms with Crippen LogP contribution in [0.4, 0.5) is 0 Å². The van der Waals surface area contributed by atoms with Crippen molar-refractivity contribution in [2.24, 2.45) is 16.8 Å². The van der Waals surface area contributed by atoms with Crippen molar-refractivity contribution in [3.63, 3.8) is 0 Å². The first-order valence-corrected chi connectivity index (χ1v) is 9.96. The Morgan fingerprint density at radius 2 is 1.93 bits per heavy atom. The number of hydrogen-bond donors (Lipinski definition) is 1. The van der Waals surface area contributed by atoms with Crippen LogP contribution in [0.1, 0.15) is 31.4 Å². The van der Waals surface area contributed by atoms with Crippen molar-refractivity contribution in [1.82, 2.24) is 15.1 Å². The van der Waals surface area contributed by atoms with Crippen LogP contribution < -0.4 is 5.32 Å². The fraction of sp³-hybridized carbons (Fsp3) is 0.619. The van der Waals surface area contributed by atoms with Crippen molar-refractivity contribution in [1.29, 1.82) is 0 Å². The number of carbonyl (C=O) groups excluding carboxylic acids is 1. The van der Waals surface area contributed by atoms with Crippen LogP contribution in [-0.2, 0) is 9.53 Å². The quantitative estimate of drug-likeness (QED) is 0.292. The van der Waals surface area contributed by atoms with Crippen molar-refractivity contribution in [3.8, 4) is 0 Å². The van der Waals surface area contributed by atoms with Gasteiger partial charge >= 0.3 is 5.97 Å². The molecule has 6 nitrogen and oxygen atoms in total. The van der Waals surface area contributed by atoms with Crippen LogP contribution in [0.3, 0.4) is 0 Å². The van der Waals surface area contributed by atoms with Crippen molar-refractivity contribution in [2.75, 3.05) is 46.9 Å².